The molecule has 0 saturated carbocycles. The number of rotatable bonds is 11. The van der Waals surface area contributed by atoms with Crippen LogP contribution in [0.3, 0.4) is 0 Å². The first-order valence-corrected chi connectivity index (χ1v) is 20.2. The zero-order chi connectivity index (χ0) is 33.7. The zero-order valence-corrected chi connectivity index (χ0v) is 29.7. The van der Waals surface area contributed by atoms with Crippen molar-refractivity contribution in [2.45, 2.75) is 83.7 Å². The Labute approximate surface area is 280 Å². The Morgan fingerprint density at radius 1 is 0.979 bits per heavy atom. The van der Waals surface area contributed by atoms with Crippen molar-refractivity contribution in [1.29, 1.82) is 5.26 Å². The summed E-state index contributed by atoms with van der Waals surface area (Å²) in [7, 11) is -1.18. The predicted octanol–water partition coefficient (Wildman–Crippen LogP) is 8.37. The monoisotopic (exact) mass is 652 g/mol. The van der Waals surface area contributed by atoms with Crippen LogP contribution in [-0.2, 0) is 33.0 Å². The zero-order valence-electron chi connectivity index (χ0n) is 28.7. The summed E-state index contributed by atoms with van der Waals surface area (Å²) in [5.41, 5.74) is 5.06. The van der Waals surface area contributed by atoms with E-state index in [1.54, 1.807) is 0 Å². The van der Waals surface area contributed by atoms with Gasteiger partial charge >= 0.3 is 6.09 Å². The van der Waals surface area contributed by atoms with Crippen molar-refractivity contribution in [3.05, 3.63) is 89.6 Å². The lowest BCUT2D eigenvalue weighted by atomic mass is 9.73. The lowest BCUT2D eigenvalue weighted by Gasteiger charge is -2.42. The number of fused-ring (bicyclic) bond motifs is 1. The van der Waals surface area contributed by atoms with Gasteiger partial charge in [-0.3, -0.25) is 0 Å². The predicted molar refractivity (Wildman–Crippen MR) is 189 cm³/mol. The van der Waals surface area contributed by atoms with Gasteiger partial charge in [-0.05, 0) is 80.6 Å². The smallest absolute Gasteiger partial charge is 0.410 e. The van der Waals surface area contributed by atoms with Crippen LogP contribution in [0.25, 0.3) is 22.0 Å². The van der Waals surface area contributed by atoms with Gasteiger partial charge in [0.15, 0.2) is 0 Å². The minimum Gasteiger partial charge on any atom is -0.444 e. The van der Waals surface area contributed by atoms with Crippen LogP contribution in [0.15, 0.2) is 72.9 Å². The van der Waals surface area contributed by atoms with E-state index in [0.717, 1.165) is 53.1 Å². The number of nitrogens with zero attached hydrogens (tertiary/aromatic N) is 4. The Bertz CT molecular complexity index is 1690. The summed E-state index contributed by atoms with van der Waals surface area (Å²) in [6, 6.07) is 25.8. The maximum atomic E-state index is 12.8. The maximum Gasteiger partial charge on any atom is 0.410 e. The standard InChI is InChI=1S/C38H48N4O4Si/c1-37(2,3)46-36(43)41-18-16-38(17-19-41,34-10-8-7-9-11-34)27-45-26-33-23-31(30-14-12-29(24-39)13-15-30)22-32-25-42(40-35(32)33)28-44-20-21-47(4,5)6/h7-15,22-23,25H,16-21,26-28H2,1-6H3. The lowest BCUT2D eigenvalue weighted by molar-refractivity contribution is 0.00342. The summed E-state index contributed by atoms with van der Waals surface area (Å²) in [6.07, 6.45) is 3.33. The fourth-order valence-corrected chi connectivity index (χ4v) is 6.74. The molecule has 1 saturated heterocycles. The highest BCUT2D eigenvalue weighted by Gasteiger charge is 2.39. The van der Waals surface area contributed by atoms with Gasteiger partial charge in [0.2, 0.25) is 0 Å². The van der Waals surface area contributed by atoms with Crippen LogP contribution in [0.5, 0.6) is 0 Å². The average Bonchev–Trinajstić information content (AvgIpc) is 3.46. The summed E-state index contributed by atoms with van der Waals surface area (Å²) < 4.78 is 20.2. The van der Waals surface area contributed by atoms with Crippen molar-refractivity contribution >= 4 is 25.1 Å². The minimum absolute atomic E-state index is 0.229. The number of ether oxygens (including phenoxy) is 3. The van der Waals surface area contributed by atoms with Crippen molar-refractivity contribution < 1.29 is 19.0 Å². The van der Waals surface area contributed by atoms with Gasteiger partial charge in [0.05, 0.1) is 30.4 Å². The van der Waals surface area contributed by atoms with Gasteiger partial charge in [0.25, 0.3) is 0 Å². The first-order chi connectivity index (χ1) is 22.3. The molecule has 4 aromatic rings. The van der Waals surface area contributed by atoms with Gasteiger partial charge in [0, 0.05) is 50.3 Å². The Kier molecular flexibility index (Phi) is 10.5. The van der Waals surface area contributed by atoms with Gasteiger partial charge < -0.3 is 19.1 Å². The molecule has 0 atom stereocenters. The summed E-state index contributed by atoms with van der Waals surface area (Å²) in [4.78, 5) is 14.7. The third-order valence-electron chi connectivity index (χ3n) is 8.70. The normalized spacial score (nSPS) is 15.0. The summed E-state index contributed by atoms with van der Waals surface area (Å²) in [6.45, 7) is 16.0. The number of benzene rings is 3. The van der Waals surface area contributed by atoms with Crippen LogP contribution in [0.2, 0.25) is 25.7 Å². The molecule has 0 aliphatic carbocycles. The van der Waals surface area contributed by atoms with Crippen molar-refractivity contribution in [2.24, 2.45) is 0 Å². The number of piperidine rings is 1. The highest BCUT2D eigenvalue weighted by atomic mass is 28.3. The van der Waals surface area contributed by atoms with Crippen LogP contribution in [0, 0.1) is 11.3 Å². The van der Waals surface area contributed by atoms with Gasteiger partial charge in [-0.25, -0.2) is 9.48 Å². The first kappa shape index (κ1) is 34.4. The van der Waals surface area contributed by atoms with Crippen LogP contribution in [0.4, 0.5) is 4.79 Å². The Morgan fingerprint density at radius 3 is 2.32 bits per heavy atom. The number of carbonyl (C=O) groups excluding carboxylic acids is 1. The van der Waals surface area contributed by atoms with Crippen LogP contribution >= 0.6 is 0 Å². The second kappa shape index (κ2) is 14.4. The van der Waals surface area contributed by atoms with E-state index < -0.39 is 13.7 Å². The second-order valence-corrected chi connectivity index (χ2v) is 20.5. The quantitative estimate of drug-likeness (QED) is 0.119. The molecule has 5 rings (SSSR count). The average molecular weight is 653 g/mol. The molecular weight excluding hydrogens is 605 g/mol. The van der Waals surface area contributed by atoms with Crippen LogP contribution < -0.4 is 0 Å². The van der Waals surface area contributed by atoms with Gasteiger partial charge in [0.1, 0.15) is 12.3 Å². The third kappa shape index (κ3) is 9.10. The lowest BCUT2D eigenvalue weighted by Crippen LogP contribution is -2.48. The molecule has 1 aromatic heterocycles. The fraction of sp³-hybridized carbons (Fsp3) is 0.447. The molecule has 1 aliphatic rings. The highest BCUT2D eigenvalue weighted by Crippen LogP contribution is 2.37. The molecule has 0 radical (unpaired) electrons. The van der Waals surface area contributed by atoms with Crippen molar-refractivity contribution in [3.63, 3.8) is 0 Å². The Hall–Kier alpha value is -3.97. The molecule has 0 spiro atoms. The van der Waals surface area contributed by atoms with Gasteiger partial charge in [-0.15, -0.1) is 0 Å². The molecule has 0 N–H and O–H groups in total. The Balaban J connectivity index is 1.37. The van der Waals surface area contributed by atoms with Crippen molar-refractivity contribution in [2.75, 3.05) is 26.3 Å². The van der Waals surface area contributed by atoms with Gasteiger partial charge in [-0.2, -0.15) is 10.4 Å². The van der Waals surface area contributed by atoms with E-state index in [4.69, 9.17) is 19.3 Å². The minimum atomic E-state index is -1.18. The van der Waals surface area contributed by atoms with Crippen molar-refractivity contribution in [1.82, 2.24) is 14.7 Å². The largest absolute Gasteiger partial charge is 0.444 e. The van der Waals surface area contributed by atoms with E-state index in [1.165, 1.54) is 5.56 Å². The van der Waals surface area contributed by atoms with Crippen molar-refractivity contribution in [3.8, 4) is 17.2 Å². The molecule has 0 unspecified atom stereocenters. The molecule has 1 fully saturated rings. The topological polar surface area (TPSA) is 89.6 Å². The Morgan fingerprint density at radius 2 is 1.68 bits per heavy atom. The van der Waals surface area contributed by atoms with E-state index in [2.05, 4.69) is 62.1 Å². The molecule has 0 bridgehead atoms. The van der Waals surface area contributed by atoms with E-state index in [9.17, 15) is 10.1 Å². The van der Waals surface area contributed by atoms with E-state index >= 15 is 0 Å². The summed E-state index contributed by atoms with van der Waals surface area (Å²) >= 11 is 0. The number of likely N-dealkylation sites (tertiary alicyclic amines) is 1. The summed E-state index contributed by atoms with van der Waals surface area (Å²) in [5, 5.41) is 15.2. The fourth-order valence-electron chi connectivity index (χ4n) is 5.98. The molecule has 9 heteroatoms. The van der Waals surface area contributed by atoms with Gasteiger partial charge in [-0.1, -0.05) is 62.1 Å². The third-order valence-corrected chi connectivity index (χ3v) is 10.4. The molecular formula is C38H48N4O4Si. The number of carbonyl (C=O) groups is 1. The number of amides is 1. The van der Waals surface area contributed by atoms with E-state index in [-0.39, 0.29) is 11.5 Å². The molecule has 3 aromatic carbocycles. The highest BCUT2D eigenvalue weighted by molar-refractivity contribution is 6.76. The number of hydrogen-bond donors (Lipinski definition) is 0. The number of aromatic nitrogens is 2. The van der Waals surface area contributed by atoms with E-state index in [0.29, 0.717) is 38.6 Å². The second-order valence-electron chi connectivity index (χ2n) is 14.9. The number of nitriles is 1. The SMILES string of the molecule is CC(C)(C)OC(=O)N1CCC(COCc2cc(-c3ccc(C#N)cc3)cc3cn(COCC[Si](C)(C)C)nc23)(c2ccccc2)CC1. The molecule has 1 aliphatic heterocycles. The summed E-state index contributed by atoms with van der Waals surface area (Å²) in [5.74, 6) is 0. The number of hydrogen-bond acceptors (Lipinski definition) is 6. The molecule has 248 valence electrons. The molecule has 8 nitrogen and oxygen atoms in total. The first-order valence-electron chi connectivity index (χ1n) is 16.5. The molecule has 47 heavy (non-hydrogen) atoms. The van der Waals surface area contributed by atoms with E-state index in [1.807, 2.05) is 66.9 Å². The van der Waals surface area contributed by atoms with Crippen LogP contribution in [0.1, 0.15) is 50.3 Å². The van der Waals surface area contributed by atoms with Crippen LogP contribution in [-0.4, -0.2) is 60.8 Å². The maximum absolute atomic E-state index is 12.8. The molecule has 2 heterocycles. The molecule has 1 amide bonds.